The minimum atomic E-state index is -1.15. The molecule has 3 heterocycles. The number of amides is 3. The van der Waals surface area contributed by atoms with Crippen LogP contribution in [-0.2, 0) is 4.79 Å². The first-order valence-corrected chi connectivity index (χ1v) is 12.6. The number of primary amides is 1. The Morgan fingerprint density at radius 2 is 1.84 bits per heavy atom. The minimum Gasteiger partial charge on any atom is -0.453 e. The van der Waals surface area contributed by atoms with E-state index >= 15 is 4.39 Å². The van der Waals surface area contributed by atoms with E-state index in [0.29, 0.717) is 26.4 Å². The first-order chi connectivity index (χ1) is 17.8. The van der Waals surface area contributed by atoms with E-state index in [-0.39, 0.29) is 17.2 Å². The van der Waals surface area contributed by atoms with Gasteiger partial charge >= 0.3 is 0 Å². The third-order valence-corrected chi connectivity index (χ3v) is 7.51. The Kier molecular flexibility index (Phi) is 6.81. The number of thiophene rings is 1. The molecule has 1 fully saturated rings. The number of pyridine rings is 1. The van der Waals surface area contributed by atoms with Gasteiger partial charge in [-0.3, -0.25) is 23.7 Å². The summed E-state index contributed by atoms with van der Waals surface area (Å²) in [5.74, 6) is -2.12. The molecule has 1 atom stereocenters. The number of carbonyl (C=O) groups excluding carboxylic acids is 3. The molecule has 1 aliphatic heterocycles. The van der Waals surface area contributed by atoms with E-state index in [2.05, 4.69) is 17.8 Å². The van der Waals surface area contributed by atoms with Gasteiger partial charge in [0.2, 0.25) is 5.91 Å². The Labute approximate surface area is 221 Å². The van der Waals surface area contributed by atoms with Gasteiger partial charge in [-0.05, 0) is 36.2 Å². The lowest BCUT2D eigenvalue weighted by atomic mass is 10.1. The molecule has 1 aliphatic rings. The Morgan fingerprint density at radius 1 is 1.08 bits per heavy atom. The van der Waals surface area contributed by atoms with E-state index < -0.39 is 23.7 Å². The quantitative estimate of drug-likeness (QED) is 0.336. The number of carbonyl (C=O) groups is 3. The summed E-state index contributed by atoms with van der Waals surface area (Å²) in [5, 5.41) is 0. The number of hydrogen-bond acceptors (Lipinski definition) is 7. The van der Waals surface area contributed by atoms with E-state index in [9.17, 15) is 14.4 Å². The van der Waals surface area contributed by atoms with Crippen molar-refractivity contribution in [3.8, 4) is 11.5 Å². The largest absolute Gasteiger partial charge is 0.453 e. The van der Waals surface area contributed by atoms with Gasteiger partial charge in [0.05, 0.1) is 15.1 Å². The van der Waals surface area contributed by atoms with E-state index in [4.69, 9.17) is 10.5 Å². The van der Waals surface area contributed by atoms with Crippen LogP contribution in [0.3, 0.4) is 0 Å². The molecule has 1 saturated heterocycles. The molecule has 0 radical (unpaired) electrons. The van der Waals surface area contributed by atoms with Gasteiger partial charge in [-0.1, -0.05) is 43.1 Å². The molecule has 188 valence electrons. The maximum atomic E-state index is 15.0. The number of nitrogens with two attached hydrogens (primary N) is 1. The highest BCUT2D eigenvalue weighted by atomic mass is 32.1. The number of likely N-dealkylation sites (tertiary alicyclic amines) is 1. The molecule has 37 heavy (non-hydrogen) atoms. The zero-order chi connectivity index (χ0) is 26.1. The van der Waals surface area contributed by atoms with Crippen molar-refractivity contribution < 1.29 is 23.5 Å². The van der Waals surface area contributed by atoms with Crippen LogP contribution in [0.2, 0.25) is 0 Å². The van der Waals surface area contributed by atoms with Crippen LogP contribution in [0.5, 0.6) is 11.5 Å². The number of hydrogen-bond donors (Lipinski definition) is 2. The summed E-state index contributed by atoms with van der Waals surface area (Å²) < 4.78 is 22.4. The maximum Gasteiger partial charge on any atom is 0.264 e. The highest BCUT2D eigenvalue weighted by Crippen LogP contribution is 2.37. The third kappa shape index (κ3) is 4.87. The molecule has 0 aliphatic carbocycles. The van der Waals surface area contributed by atoms with Gasteiger partial charge in [-0.15, -0.1) is 11.3 Å². The SMILES string of the molecule is NC(=O)C(c1ccccc1)N(S)C(=O)c1ccc(Oc2ccnc3cc(C(=O)N4CCC4)sc23)c(F)c1. The van der Waals surface area contributed by atoms with Gasteiger partial charge in [0.25, 0.3) is 11.8 Å². The lowest BCUT2D eigenvalue weighted by Gasteiger charge is -2.30. The fraction of sp³-hybridized carbons (Fsp3) is 0.154. The van der Waals surface area contributed by atoms with Crippen molar-refractivity contribution in [1.82, 2.24) is 14.2 Å². The predicted octanol–water partition coefficient (Wildman–Crippen LogP) is 4.59. The van der Waals surface area contributed by atoms with Gasteiger partial charge in [-0.25, -0.2) is 4.39 Å². The molecular weight excluding hydrogens is 515 g/mol. The molecule has 0 spiro atoms. The molecule has 0 bridgehead atoms. The second-order valence-electron chi connectivity index (χ2n) is 8.39. The molecular formula is C26H21FN4O4S2. The highest BCUT2D eigenvalue weighted by molar-refractivity contribution is 7.78. The number of nitrogens with zero attached hydrogens (tertiary/aromatic N) is 3. The Morgan fingerprint density at radius 3 is 2.49 bits per heavy atom. The van der Waals surface area contributed by atoms with Gasteiger partial charge < -0.3 is 15.4 Å². The fourth-order valence-corrected chi connectivity index (χ4v) is 5.32. The van der Waals surface area contributed by atoms with Gasteiger partial charge in [-0.2, -0.15) is 0 Å². The predicted molar refractivity (Wildman–Crippen MR) is 140 cm³/mol. The van der Waals surface area contributed by atoms with Gasteiger partial charge in [0.1, 0.15) is 11.8 Å². The molecule has 2 N–H and O–H groups in total. The Bertz CT molecular complexity index is 1510. The van der Waals surface area contributed by atoms with Crippen molar-refractivity contribution in [2.45, 2.75) is 12.5 Å². The highest BCUT2D eigenvalue weighted by Gasteiger charge is 2.29. The number of rotatable bonds is 7. The van der Waals surface area contributed by atoms with Crippen LogP contribution in [0.4, 0.5) is 4.39 Å². The van der Waals surface area contributed by atoms with Crippen molar-refractivity contribution in [3.05, 3.63) is 88.7 Å². The zero-order valence-electron chi connectivity index (χ0n) is 19.3. The summed E-state index contributed by atoms with van der Waals surface area (Å²) in [4.78, 5) is 44.3. The molecule has 4 aromatic rings. The molecule has 1 unspecified atom stereocenters. The lowest BCUT2D eigenvalue weighted by Crippen LogP contribution is -2.41. The minimum absolute atomic E-state index is 0.0412. The number of thiol groups is 1. The molecule has 2 aromatic carbocycles. The van der Waals surface area contributed by atoms with Crippen LogP contribution in [0.15, 0.2) is 66.9 Å². The molecule has 5 rings (SSSR count). The standard InChI is InChI=1S/C26H21FN4O4S2/c27-17-13-16(25(33)31(36)22(24(28)32)15-5-2-1-3-6-15)7-8-19(17)35-20-9-10-29-18-14-21(37-23(18)20)26(34)30-11-4-12-30/h1-3,5-10,13-14,22,36H,4,11-12H2,(H2,28,32). The smallest absolute Gasteiger partial charge is 0.264 e. The lowest BCUT2D eigenvalue weighted by molar-refractivity contribution is -0.121. The van der Waals surface area contributed by atoms with E-state index in [1.165, 1.54) is 29.7 Å². The number of halogens is 1. The van der Waals surface area contributed by atoms with Gasteiger partial charge in [0, 0.05) is 30.9 Å². The molecule has 3 amide bonds. The maximum absolute atomic E-state index is 15.0. The first kappa shape index (κ1) is 24.7. The summed E-state index contributed by atoms with van der Waals surface area (Å²) >= 11 is 5.43. The number of benzene rings is 2. The average molecular weight is 537 g/mol. The van der Waals surface area contributed by atoms with Crippen LogP contribution >= 0.6 is 24.2 Å². The number of fused-ring (bicyclic) bond motifs is 1. The second-order valence-corrected chi connectivity index (χ2v) is 9.88. The second kappa shape index (κ2) is 10.2. The summed E-state index contributed by atoms with van der Waals surface area (Å²) in [6, 6.07) is 14.3. The number of ether oxygens (including phenoxy) is 1. The zero-order valence-corrected chi connectivity index (χ0v) is 21.0. The summed E-state index contributed by atoms with van der Waals surface area (Å²) in [7, 11) is 0. The van der Waals surface area contributed by atoms with Crippen molar-refractivity contribution in [3.63, 3.8) is 0 Å². The number of aromatic nitrogens is 1. The summed E-state index contributed by atoms with van der Waals surface area (Å²) in [6.07, 6.45) is 2.51. The van der Waals surface area contributed by atoms with Crippen LogP contribution in [0, 0.1) is 5.82 Å². The van der Waals surface area contributed by atoms with Crippen molar-refractivity contribution >= 4 is 52.1 Å². The normalized spacial score (nSPS) is 13.6. The first-order valence-electron chi connectivity index (χ1n) is 11.4. The van der Waals surface area contributed by atoms with Crippen molar-refractivity contribution in [2.75, 3.05) is 13.1 Å². The molecule has 2 aromatic heterocycles. The van der Waals surface area contributed by atoms with Crippen LogP contribution in [-0.4, -0.2) is 45.0 Å². The molecule has 0 saturated carbocycles. The summed E-state index contributed by atoms with van der Waals surface area (Å²) in [6.45, 7) is 1.46. The average Bonchev–Trinajstić information content (AvgIpc) is 3.30. The van der Waals surface area contributed by atoms with Crippen LogP contribution in [0.1, 0.15) is 38.1 Å². The van der Waals surface area contributed by atoms with Crippen molar-refractivity contribution in [1.29, 1.82) is 0 Å². The third-order valence-electron chi connectivity index (χ3n) is 5.97. The summed E-state index contributed by atoms with van der Waals surface area (Å²) in [5.41, 5.74) is 6.52. The topological polar surface area (TPSA) is 106 Å². The fourth-order valence-electron chi connectivity index (χ4n) is 3.92. The van der Waals surface area contributed by atoms with Crippen LogP contribution < -0.4 is 10.5 Å². The van der Waals surface area contributed by atoms with E-state index in [0.717, 1.165) is 29.9 Å². The molecule has 8 nitrogen and oxygen atoms in total. The van der Waals surface area contributed by atoms with E-state index in [1.807, 2.05) is 0 Å². The molecule has 11 heteroatoms. The van der Waals surface area contributed by atoms with E-state index in [1.54, 1.807) is 47.4 Å². The van der Waals surface area contributed by atoms with Gasteiger partial charge in [0.15, 0.2) is 11.6 Å². The van der Waals surface area contributed by atoms with Crippen molar-refractivity contribution in [2.24, 2.45) is 5.73 Å². The Hall–Kier alpha value is -3.96. The van der Waals surface area contributed by atoms with Crippen LogP contribution in [0.25, 0.3) is 10.2 Å². The monoisotopic (exact) mass is 536 g/mol. The Balaban J connectivity index is 1.38.